The van der Waals surface area contributed by atoms with Gasteiger partial charge in [-0.2, -0.15) is 0 Å². The second kappa shape index (κ2) is 5.05. The molecule has 1 aromatic rings. The van der Waals surface area contributed by atoms with Crippen LogP contribution in [0.3, 0.4) is 0 Å². The van der Waals surface area contributed by atoms with Gasteiger partial charge in [0.1, 0.15) is 0 Å². The summed E-state index contributed by atoms with van der Waals surface area (Å²) < 4.78 is 11.7. The van der Waals surface area contributed by atoms with Gasteiger partial charge in [-0.1, -0.05) is 18.2 Å². The van der Waals surface area contributed by atoms with Crippen LogP contribution >= 0.6 is 0 Å². The maximum atomic E-state index is 6.09. The highest BCUT2D eigenvalue weighted by atomic mass is 16.6. The largest absolute Gasteiger partial charge is 0.385 e. The van der Waals surface area contributed by atoms with E-state index in [1.54, 1.807) is 0 Å². The third-order valence-corrected chi connectivity index (χ3v) is 5.30. The van der Waals surface area contributed by atoms with Crippen LogP contribution in [0.25, 0.3) is 0 Å². The second-order valence-electron chi connectivity index (χ2n) is 6.50. The van der Waals surface area contributed by atoms with Gasteiger partial charge >= 0.3 is 0 Å². The molecule has 0 amide bonds. The molecule has 4 rings (SSSR count). The lowest BCUT2D eigenvalue weighted by atomic mass is 9.73. The fraction of sp³-hybridized carbons (Fsp3) is 0.647. The molecule has 0 bridgehead atoms. The van der Waals surface area contributed by atoms with E-state index in [2.05, 4.69) is 29.6 Å². The van der Waals surface area contributed by atoms with Gasteiger partial charge in [-0.3, -0.25) is 0 Å². The highest BCUT2D eigenvalue weighted by molar-refractivity contribution is 5.54. The first-order valence-corrected chi connectivity index (χ1v) is 7.91. The minimum absolute atomic E-state index is 0.0305. The standard InChI is InChI=1S/C17H23NO2/c1-2-4-16-15(3-1)14(5-8-18-16)13-6-9-20-17(11-13)7-10-19-12-17/h1-4,13-14,18H,5-12H2. The maximum Gasteiger partial charge on any atom is 0.0939 e. The second-order valence-corrected chi connectivity index (χ2v) is 6.50. The van der Waals surface area contributed by atoms with Crippen molar-refractivity contribution < 1.29 is 9.47 Å². The monoisotopic (exact) mass is 273 g/mol. The zero-order valence-electron chi connectivity index (χ0n) is 11.9. The van der Waals surface area contributed by atoms with E-state index in [0.717, 1.165) is 38.7 Å². The summed E-state index contributed by atoms with van der Waals surface area (Å²) in [5.41, 5.74) is 2.88. The van der Waals surface area contributed by atoms with Crippen molar-refractivity contribution in [2.45, 2.75) is 37.2 Å². The number of fused-ring (bicyclic) bond motifs is 1. The van der Waals surface area contributed by atoms with Gasteiger partial charge in [-0.05, 0) is 42.7 Å². The molecule has 3 unspecified atom stereocenters. The summed E-state index contributed by atoms with van der Waals surface area (Å²) in [6, 6.07) is 8.83. The average molecular weight is 273 g/mol. The molecule has 20 heavy (non-hydrogen) atoms. The molecular weight excluding hydrogens is 250 g/mol. The van der Waals surface area contributed by atoms with Crippen LogP contribution in [0.15, 0.2) is 24.3 Å². The number of nitrogens with one attached hydrogen (secondary N) is 1. The van der Waals surface area contributed by atoms with Gasteiger partial charge in [0.15, 0.2) is 0 Å². The van der Waals surface area contributed by atoms with E-state index < -0.39 is 0 Å². The summed E-state index contributed by atoms with van der Waals surface area (Å²) in [7, 11) is 0. The summed E-state index contributed by atoms with van der Waals surface area (Å²) in [6.07, 6.45) is 4.70. The molecule has 3 heterocycles. The van der Waals surface area contributed by atoms with Crippen LogP contribution in [0.4, 0.5) is 5.69 Å². The van der Waals surface area contributed by atoms with Crippen LogP contribution in [0.5, 0.6) is 0 Å². The molecule has 1 N–H and O–H groups in total. The number of hydrogen-bond acceptors (Lipinski definition) is 3. The predicted octanol–water partition coefficient (Wildman–Crippen LogP) is 3.17. The zero-order valence-corrected chi connectivity index (χ0v) is 11.9. The summed E-state index contributed by atoms with van der Waals surface area (Å²) >= 11 is 0. The summed E-state index contributed by atoms with van der Waals surface area (Å²) in [5.74, 6) is 1.43. The van der Waals surface area contributed by atoms with Gasteiger partial charge < -0.3 is 14.8 Å². The Morgan fingerprint density at radius 1 is 1.15 bits per heavy atom. The molecule has 0 aliphatic carbocycles. The van der Waals surface area contributed by atoms with Crippen molar-refractivity contribution in [1.82, 2.24) is 0 Å². The van der Waals surface area contributed by atoms with E-state index in [0.29, 0.717) is 5.92 Å². The Hall–Kier alpha value is -1.06. The minimum atomic E-state index is 0.0305. The highest BCUT2D eigenvalue weighted by Gasteiger charge is 2.43. The number of benzene rings is 1. The Kier molecular flexibility index (Phi) is 3.20. The van der Waals surface area contributed by atoms with Crippen LogP contribution in [-0.2, 0) is 9.47 Å². The molecule has 3 heteroatoms. The van der Waals surface area contributed by atoms with Crippen molar-refractivity contribution in [1.29, 1.82) is 0 Å². The molecule has 2 fully saturated rings. The molecular formula is C17H23NO2. The third-order valence-electron chi connectivity index (χ3n) is 5.30. The normalized spacial score (nSPS) is 36.6. The lowest BCUT2D eigenvalue weighted by molar-refractivity contribution is -0.102. The number of rotatable bonds is 1. The number of anilines is 1. The van der Waals surface area contributed by atoms with Crippen molar-refractivity contribution in [3.63, 3.8) is 0 Å². The smallest absolute Gasteiger partial charge is 0.0939 e. The molecule has 0 radical (unpaired) electrons. The maximum absolute atomic E-state index is 6.09. The first kappa shape index (κ1) is 12.7. The van der Waals surface area contributed by atoms with Crippen LogP contribution in [-0.4, -0.2) is 32.0 Å². The molecule has 3 atom stereocenters. The molecule has 3 aliphatic rings. The average Bonchev–Trinajstić information content (AvgIpc) is 2.94. The lowest BCUT2D eigenvalue weighted by Gasteiger charge is -2.42. The Bertz CT molecular complexity index is 482. The van der Waals surface area contributed by atoms with E-state index in [-0.39, 0.29) is 5.60 Å². The molecule has 0 aromatic heterocycles. The van der Waals surface area contributed by atoms with Gasteiger partial charge in [0.25, 0.3) is 0 Å². The van der Waals surface area contributed by atoms with Gasteiger partial charge in [0.05, 0.1) is 12.2 Å². The lowest BCUT2D eigenvalue weighted by Crippen LogP contribution is -2.42. The van der Waals surface area contributed by atoms with Gasteiger partial charge in [-0.25, -0.2) is 0 Å². The Morgan fingerprint density at radius 2 is 2.10 bits per heavy atom. The summed E-state index contributed by atoms with van der Waals surface area (Å²) in [5, 5.41) is 3.54. The van der Waals surface area contributed by atoms with Gasteiger partial charge in [0.2, 0.25) is 0 Å². The van der Waals surface area contributed by atoms with Gasteiger partial charge in [0, 0.05) is 31.9 Å². The fourth-order valence-electron chi connectivity index (χ4n) is 4.26. The quantitative estimate of drug-likeness (QED) is 0.852. The highest BCUT2D eigenvalue weighted by Crippen LogP contribution is 2.45. The van der Waals surface area contributed by atoms with Crippen molar-refractivity contribution in [3.8, 4) is 0 Å². The Morgan fingerprint density at radius 3 is 3.00 bits per heavy atom. The van der Waals surface area contributed by atoms with E-state index >= 15 is 0 Å². The topological polar surface area (TPSA) is 30.5 Å². The molecule has 0 saturated carbocycles. The first-order chi connectivity index (χ1) is 9.86. The van der Waals surface area contributed by atoms with Crippen LogP contribution in [0, 0.1) is 5.92 Å². The number of ether oxygens (including phenoxy) is 2. The zero-order chi connectivity index (χ0) is 13.4. The molecule has 1 aromatic carbocycles. The summed E-state index contributed by atoms with van der Waals surface area (Å²) in [4.78, 5) is 0. The fourth-order valence-corrected chi connectivity index (χ4v) is 4.26. The molecule has 2 saturated heterocycles. The van der Waals surface area contributed by atoms with Crippen molar-refractivity contribution in [3.05, 3.63) is 29.8 Å². The van der Waals surface area contributed by atoms with Gasteiger partial charge in [-0.15, -0.1) is 0 Å². The van der Waals surface area contributed by atoms with Crippen molar-refractivity contribution >= 4 is 5.69 Å². The summed E-state index contributed by atoms with van der Waals surface area (Å²) in [6.45, 7) is 3.67. The van der Waals surface area contributed by atoms with E-state index in [9.17, 15) is 0 Å². The molecule has 3 nitrogen and oxygen atoms in total. The Balaban J connectivity index is 1.58. The first-order valence-electron chi connectivity index (χ1n) is 7.91. The molecule has 1 spiro atoms. The predicted molar refractivity (Wildman–Crippen MR) is 79.1 cm³/mol. The Labute approximate surface area is 120 Å². The molecule has 3 aliphatic heterocycles. The SMILES string of the molecule is c1ccc2c(c1)NCCC2C1CCOC2(CCOC2)C1. The number of para-hydroxylation sites is 1. The van der Waals surface area contributed by atoms with Crippen molar-refractivity contribution in [2.24, 2.45) is 5.92 Å². The van der Waals surface area contributed by atoms with Crippen molar-refractivity contribution in [2.75, 3.05) is 31.7 Å². The van der Waals surface area contributed by atoms with E-state index in [1.807, 2.05) is 0 Å². The van der Waals surface area contributed by atoms with E-state index in [4.69, 9.17) is 9.47 Å². The van der Waals surface area contributed by atoms with Crippen LogP contribution in [0.1, 0.15) is 37.2 Å². The third kappa shape index (κ3) is 2.13. The minimum Gasteiger partial charge on any atom is -0.385 e. The molecule has 108 valence electrons. The van der Waals surface area contributed by atoms with E-state index in [1.165, 1.54) is 30.5 Å². The number of hydrogen-bond donors (Lipinski definition) is 1. The van der Waals surface area contributed by atoms with Crippen LogP contribution in [0.2, 0.25) is 0 Å². The van der Waals surface area contributed by atoms with Crippen LogP contribution < -0.4 is 5.32 Å².